The predicted octanol–water partition coefficient (Wildman–Crippen LogP) is 5.10. The van der Waals surface area contributed by atoms with E-state index in [9.17, 15) is 14.4 Å². The Labute approximate surface area is 197 Å². The first kappa shape index (κ1) is 24.3. The molecular formula is C24H27ClN4O4. The van der Waals surface area contributed by atoms with E-state index in [0.717, 1.165) is 0 Å². The molecule has 0 atom stereocenters. The number of hydrogen-bond donors (Lipinski definition) is 2. The minimum Gasteiger partial charge on any atom is -0.449 e. The van der Waals surface area contributed by atoms with Crippen LogP contribution in [0.25, 0.3) is 11.0 Å². The van der Waals surface area contributed by atoms with Crippen LogP contribution in [0.5, 0.6) is 0 Å². The largest absolute Gasteiger partial charge is 0.449 e. The third-order valence-corrected chi connectivity index (χ3v) is 5.47. The van der Waals surface area contributed by atoms with Crippen LogP contribution in [-0.4, -0.2) is 40.7 Å². The summed E-state index contributed by atoms with van der Waals surface area (Å²) in [5.41, 5.74) is 0.780. The molecule has 0 aliphatic rings. The van der Waals surface area contributed by atoms with Crippen LogP contribution < -0.4 is 10.6 Å². The summed E-state index contributed by atoms with van der Waals surface area (Å²) in [7, 11) is 1.77. The zero-order chi connectivity index (χ0) is 24.0. The molecule has 2 N–H and O–H groups in total. The van der Waals surface area contributed by atoms with Crippen molar-refractivity contribution >= 4 is 51.8 Å². The quantitative estimate of drug-likeness (QED) is 0.423. The Morgan fingerprint density at radius 1 is 1.06 bits per heavy atom. The molecule has 1 aromatic carbocycles. The van der Waals surface area contributed by atoms with Crippen molar-refractivity contribution < 1.29 is 18.8 Å². The molecule has 8 nitrogen and oxygen atoms in total. The molecule has 3 aromatic rings. The number of nitrogens with one attached hydrogen (secondary N) is 2. The second kappa shape index (κ2) is 11.0. The van der Waals surface area contributed by atoms with E-state index < -0.39 is 5.91 Å². The lowest BCUT2D eigenvalue weighted by molar-refractivity contribution is -0.131. The number of benzene rings is 1. The summed E-state index contributed by atoms with van der Waals surface area (Å²) in [6.07, 6.45) is 3.18. The number of aromatic nitrogens is 1. The summed E-state index contributed by atoms with van der Waals surface area (Å²) >= 11 is 5.84. The molecule has 3 rings (SSSR count). The van der Waals surface area contributed by atoms with Crippen LogP contribution in [0, 0.1) is 0 Å². The van der Waals surface area contributed by atoms with Gasteiger partial charge in [-0.2, -0.15) is 0 Å². The number of amides is 3. The maximum atomic E-state index is 12.9. The van der Waals surface area contributed by atoms with E-state index in [1.165, 1.54) is 6.20 Å². The topological polar surface area (TPSA) is 105 Å². The van der Waals surface area contributed by atoms with Gasteiger partial charge in [0.1, 0.15) is 17.1 Å². The number of para-hydroxylation sites is 1. The molecule has 0 unspecified atom stereocenters. The van der Waals surface area contributed by atoms with Gasteiger partial charge in [-0.25, -0.2) is 4.98 Å². The normalized spacial score (nSPS) is 10.9. The van der Waals surface area contributed by atoms with Gasteiger partial charge in [0.2, 0.25) is 17.6 Å². The number of carbonyl (C=O) groups excluding carboxylic acids is 3. The first-order chi connectivity index (χ1) is 15.8. The van der Waals surface area contributed by atoms with Gasteiger partial charge in [0.25, 0.3) is 5.91 Å². The SMILES string of the molecule is CC(C)N(C)C(=O)CCCCC(=O)Nc1c(C(=O)Nc2ccc(Cl)cn2)oc2ccccc12. The molecule has 9 heteroatoms. The highest BCUT2D eigenvalue weighted by molar-refractivity contribution is 6.30. The van der Waals surface area contributed by atoms with Crippen molar-refractivity contribution in [1.82, 2.24) is 9.88 Å². The first-order valence-corrected chi connectivity index (χ1v) is 11.1. The van der Waals surface area contributed by atoms with E-state index in [0.29, 0.717) is 46.8 Å². The van der Waals surface area contributed by atoms with Crippen LogP contribution in [0.3, 0.4) is 0 Å². The van der Waals surface area contributed by atoms with Gasteiger partial charge in [0.15, 0.2) is 0 Å². The molecule has 0 aliphatic carbocycles. The van der Waals surface area contributed by atoms with E-state index in [4.69, 9.17) is 16.0 Å². The third-order valence-electron chi connectivity index (χ3n) is 5.25. The van der Waals surface area contributed by atoms with E-state index in [2.05, 4.69) is 15.6 Å². The van der Waals surface area contributed by atoms with Crippen molar-refractivity contribution in [3.05, 3.63) is 53.4 Å². The van der Waals surface area contributed by atoms with Gasteiger partial charge >= 0.3 is 0 Å². The smallest absolute Gasteiger partial charge is 0.294 e. The number of furan rings is 1. The Morgan fingerprint density at radius 3 is 2.48 bits per heavy atom. The van der Waals surface area contributed by atoms with E-state index in [1.807, 2.05) is 13.8 Å². The van der Waals surface area contributed by atoms with Crippen molar-refractivity contribution in [2.24, 2.45) is 0 Å². The molecule has 0 bridgehead atoms. The van der Waals surface area contributed by atoms with Gasteiger partial charge in [-0.1, -0.05) is 23.7 Å². The fourth-order valence-electron chi connectivity index (χ4n) is 3.18. The molecule has 0 saturated carbocycles. The molecule has 0 fully saturated rings. The first-order valence-electron chi connectivity index (χ1n) is 10.8. The highest BCUT2D eigenvalue weighted by Gasteiger charge is 2.22. The van der Waals surface area contributed by atoms with Crippen LogP contribution in [0.15, 0.2) is 47.0 Å². The molecule has 33 heavy (non-hydrogen) atoms. The van der Waals surface area contributed by atoms with Crippen LogP contribution in [0.2, 0.25) is 5.02 Å². The molecule has 174 valence electrons. The summed E-state index contributed by atoms with van der Waals surface area (Å²) < 4.78 is 5.73. The number of halogens is 1. The van der Waals surface area contributed by atoms with Crippen molar-refractivity contribution in [1.29, 1.82) is 0 Å². The summed E-state index contributed by atoms with van der Waals surface area (Å²) in [6, 6.07) is 10.4. The lowest BCUT2D eigenvalue weighted by Crippen LogP contribution is -2.32. The molecule has 2 aromatic heterocycles. The van der Waals surface area contributed by atoms with Gasteiger partial charge in [0.05, 0.1) is 5.02 Å². The summed E-state index contributed by atoms with van der Waals surface area (Å²) in [6.45, 7) is 3.91. The van der Waals surface area contributed by atoms with Crippen molar-refractivity contribution in [2.75, 3.05) is 17.7 Å². The number of fused-ring (bicyclic) bond motifs is 1. The van der Waals surface area contributed by atoms with Crippen LogP contribution in [-0.2, 0) is 9.59 Å². The average Bonchev–Trinajstić information content (AvgIpc) is 3.16. The molecule has 0 spiro atoms. The zero-order valence-corrected chi connectivity index (χ0v) is 19.6. The second-order valence-corrected chi connectivity index (χ2v) is 8.41. The fourth-order valence-corrected chi connectivity index (χ4v) is 3.29. The third kappa shape index (κ3) is 6.32. The van der Waals surface area contributed by atoms with Crippen LogP contribution in [0.4, 0.5) is 11.5 Å². The van der Waals surface area contributed by atoms with Crippen molar-refractivity contribution in [2.45, 2.75) is 45.6 Å². The number of carbonyl (C=O) groups is 3. The maximum Gasteiger partial charge on any atom is 0.294 e. The minimum absolute atomic E-state index is 0.0185. The Kier molecular flexibility index (Phi) is 8.06. The highest BCUT2D eigenvalue weighted by atomic mass is 35.5. The Bertz CT molecular complexity index is 1140. The number of nitrogens with zero attached hydrogens (tertiary/aromatic N) is 2. The average molecular weight is 471 g/mol. The maximum absolute atomic E-state index is 12.9. The lowest BCUT2D eigenvalue weighted by atomic mass is 10.1. The number of rotatable bonds is 9. The summed E-state index contributed by atoms with van der Waals surface area (Å²) in [4.78, 5) is 43.3. The van der Waals surface area contributed by atoms with Crippen LogP contribution in [0.1, 0.15) is 50.1 Å². The van der Waals surface area contributed by atoms with Crippen LogP contribution >= 0.6 is 11.6 Å². The Balaban J connectivity index is 1.66. The molecular weight excluding hydrogens is 444 g/mol. The molecule has 2 heterocycles. The number of anilines is 2. The van der Waals surface area contributed by atoms with E-state index >= 15 is 0 Å². The Hall–Kier alpha value is -3.39. The summed E-state index contributed by atoms with van der Waals surface area (Å²) in [5, 5.41) is 6.52. The van der Waals surface area contributed by atoms with E-state index in [-0.39, 0.29) is 30.0 Å². The van der Waals surface area contributed by atoms with Crippen molar-refractivity contribution in [3.8, 4) is 0 Å². The molecule has 0 aliphatic heterocycles. The minimum atomic E-state index is -0.543. The standard InChI is InChI=1S/C24H27ClN4O4/c1-15(2)29(3)21(31)11-7-6-10-20(30)28-22-17-8-4-5-9-18(17)33-23(22)24(32)27-19-13-12-16(25)14-26-19/h4-5,8-9,12-15H,6-7,10-11H2,1-3H3,(H,28,30)(H,26,27,32). The Morgan fingerprint density at radius 2 is 1.79 bits per heavy atom. The predicted molar refractivity (Wildman–Crippen MR) is 128 cm³/mol. The van der Waals surface area contributed by atoms with Gasteiger partial charge < -0.3 is 20.0 Å². The van der Waals surface area contributed by atoms with Gasteiger partial charge in [-0.05, 0) is 51.0 Å². The van der Waals surface area contributed by atoms with Gasteiger partial charge in [-0.3, -0.25) is 14.4 Å². The highest BCUT2D eigenvalue weighted by Crippen LogP contribution is 2.31. The summed E-state index contributed by atoms with van der Waals surface area (Å²) in [5.74, 6) is -0.460. The molecule has 3 amide bonds. The molecule has 0 saturated heterocycles. The number of hydrogen-bond acceptors (Lipinski definition) is 5. The number of unbranched alkanes of at least 4 members (excludes halogenated alkanes) is 1. The molecule has 0 radical (unpaired) electrons. The van der Waals surface area contributed by atoms with E-state index in [1.54, 1.807) is 48.3 Å². The zero-order valence-electron chi connectivity index (χ0n) is 18.9. The van der Waals surface area contributed by atoms with Gasteiger partial charge in [0, 0.05) is 37.5 Å². The lowest BCUT2D eigenvalue weighted by Gasteiger charge is -2.21. The monoisotopic (exact) mass is 470 g/mol. The van der Waals surface area contributed by atoms with Crippen molar-refractivity contribution in [3.63, 3.8) is 0 Å². The fraction of sp³-hybridized carbons (Fsp3) is 0.333. The number of pyridine rings is 1. The second-order valence-electron chi connectivity index (χ2n) is 7.97. The van der Waals surface area contributed by atoms with Gasteiger partial charge in [-0.15, -0.1) is 0 Å².